The Bertz CT molecular complexity index is 2080. The van der Waals surface area contributed by atoms with Gasteiger partial charge in [0.05, 0.1) is 17.4 Å². The molecule has 0 spiro atoms. The summed E-state index contributed by atoms with van der Waals surface area (Å²) >= 11 is 5.28. The number of aliphatic hydroxyl groups is 4. The van der Waals surface area contributed by atoms with Crippen molar-refractivity contribution in [1.29, 1.82) is 0 Å². The van der Waals surface area contributed by atoms with Gasteiger partial charge in [-0.15, -0.1) is 0 Å². The third-order valence-corrected chi connectivity index (χ3v) is 10.5. The van der Waals surface area contributed by atoms with E-state index in [4.69, 9.17) is 22.7 Å². The second-order valence-corrected chi connectivity index (χ2v) is 13.2. The maximum Gasteiger partial charge on any atom is 0.413 e. The van der Waals surface area contributed by atoms with Crippen LogP contribution in [0.4, 0.5) is 10.5 Å². The molecule has 9 N–H and O–H groups in total. The van der Waals surface area contributed by atoms with Crippen molar-refractivity contribution >= 4 is 46.6 Å². The number of ketones is 2. The molecule has 5 atom stereocenters. The summed E-state index contributed by atoms with van der Waals surface area (Å²) in [5, 5.41) is 60.7. The molecule has 4 aliphatic carbocycles. The number of rotatable bonds is 4. The Morgan fingerprint density at radius 2 is 1.60 bits per heavy atom. The number of aromatic hydroxyl groups is 1. The van der Waals surface area contributed by atoms with Gasteiger partial charge >= 0.3 is 6.09 Å². The number of hydrogen-bond donors (Lipinski definition) is 8. The van der Waals surface area contributed by atoms with E-state index in [9.17, 15) is 44.7 Å². The van der Waals surface area contributed by atoms with E-state index >= 15 is 0 Å². The lowest BCUT2D eigenvalue weighted by molar-refractivity contribution is -0.154. The van der Waals surface area contributed by atoms with Crippen molar-refractivity contribution in [2.24, 2.45) is 17.6 Å². The molecule has 0 fully saturated rings. The topological polar surface area (TPSA) is 229 Å². The summed E-state index contributed by atoms with van der Waals surface area (Å²) in [5.41, 5.74) is 4.82. The molecule has 7 rings (SSSR count). The highest BCUT2D eigenvalue weighted by atomic mass is 32.1. The summed E-state index contributed by atoms with van der Waals surface area (Å²) in [6.07, 6.45) is -3.09. The molecule has 4 aliphatic rings. The molecule has 0 radical (unpaired) electrons. The van der Waals surface area contributed by atoms with Crippen LogP contribution >= 0.6 is 12.2 Å². The predicted octanol–water partition coefficient (Wildman–Crippen LogP) is 3.35. The van der Waals surface area contributed by atoms with E-state index in [-0.39, 0.29) is 34.5 Å². The standard InChI is InChI=1S/C36H31N3O10S/c1-14-15-10-11-22(38-34(50)39-35(47)49-13-20-18-8-4-2-6-16(18)17-7-3-5-9-19(17)20)29(42)25(15)30(43)27-24(14)28(41)21-12-23(40)26(33(37)46)31(44)36(21,48)32(27)45/h2-11,14,20-21,24,28,40-42,45,48H,12-13H2,1H3,(H2,37,46)(H2,38,39,47,50)/t14-,21+,24+,28+,36+/m0/s1. The number of alkyl carbamates (subject to hydrolysis) is 1. The van der Waals surface area contributed by atoms with Crippen LogP contribution in [-0.2, 0) is 14.3 Å². The summed E-state index contributed by atoms with van der Waals surface area (Å²) in [7, 11) is 0. The number of anilines is 1. The quantitative estimate of drug-likeness (QED) is 0.112. The van der Waals surface area contributed by atoms with E-state index in [0.717, 1.165) is 22.3 Å². The van der Waals surface area contributed by atoms with Gasteiger partial charge in [0.15, 0.2) is 22.2 Å². The molecular weight excluding hydrogens is 666 g/mol. The number of phenolic OH excluding ortho intramolecular Hbond substituents is 1. The first-order valence-corrected chi connectivity index (χ1v) is 16.1. The molecule has 0 heterocycles. The lowest BCUT2D eigenvalue weighted by Crippen LogP contribution is -2.62. The Morgan fingerprint density at radius 1 is 0.980 bits per heavy atom. The van der Waals surface area contributed by atoms with Crippen molar-refractivity contribution in [2.45, 2.75) is 36.9 Å². The van der Waals surface area contributed by atoms with Crippen molar-refractivity contribution in [3.05, 3.63) is 106 Å². The van der Waals surface area contributed by atoms with Gasteiger partial charge in [-0.2, -0.15) is 0 Å². The van der Waals surface area contributed by atoms with Gasteiger partial charge in [0.25, 0.3) is 5.91 Å². The predicted molar refractivity (Wildman–Crippen MR) is 181 cm³/mol. The molecule has 50 heavy (non-hydrogen) atoms. The Kier molecular flexibility index (Phi) is 7.77. The number of amides is 2. The minimum absolute atomic E-state index is 0.0244. The van der Waals surface area contributed by atoms with Gasteiger partial charge in [-0.3, -0.25) is 19.7 Å². The van der Waals surface area contributed by atoms with Crippen LogP contribution in [0.15, 0.2) is 83.3 Å². The van der Waals surface area contributed by atoms with E-state index in [1.54, 1.807) is 6.92 Å². The zero-order valence-corrected chi connectivity index (χ0v) is 27.2. The number of primary amides is 1. The van der Waals surface area contributed by atoms with Crippen LogP contribution in [0.25, 0.3) is 11.1 Å². The number of phenols is 1. The highest BCUT2D eigenvalue weighted by molar-refractivity contribution is 7.80. The minimum atomic E-state index is -2.95. The summed E-state index contributed by atoms with van der Waals surface area (Å²) in [4.78, 5) is 51.9. The first-order chi connectivity index (χ1) is 23.8. The molecule has 256 valence electrons. The van der Waals surface area contributed by atoms with Crippen molar-refractivity contribution in [1.82, 2.24) is 5.32 Å². The number of Topliss-reactive ketones (excluding diaryl/α,β-unsaturated/α-hetero) is 2. The number of thiocarbonyl (C=S) groups is 1. The van der Waals surface area contributed by atoms with Crippen LogP contribution in [-0.4, -0.2) is 72.5 Å². The maximum atomic E-state index is 14.0. The van der Waals surface area contributed by atoms with Crippen molar-refractivity contribution in [2.75, 3.05) is 11.9 Å². The fourth-order valence-corrected chi connectivity index (χ4v) is 8.17. The third-order valence-electron chi connectivity index (χ3n) is 10.3. The Hall–Kier alpha value is -5.57. The molecule has 0 aliphatic heterocycles. The number of nitrogens with two attached hydrogens (primary N) is 1. The Balaban J connectivity index is 1.11. The second-order valence-electron chi connectivity index (χ2n) is 12.8. The van der Waals surface area contributed by atoms with Gasteiger partial charge in [0.1, 0.15) is 23.7 Å². The van der Waals surface area contributed by atoms with E-state index < -0.39 is 87.9 Å². The van der Waals surface area contributed by atoms with Crippen LogP contribution in [0, 0.1) is 11.8 Å². The number of ether oxygens (including phenoxy) is 1. The SMILES string of the molecule is C[C@H]1c2ccc(NC(=S)NC(=O)OCC3c4ccccc4-c4ccccc43)c(O)c2C(=O)C2=C(O)[C@]3(O)C(=O)C(C(N)=O)=C(O)C[C@@H]3[C@@H](O)[C@@H]21. The highest BCUT2D eigenvalue weighted by Crippen LogP contribution is 2.55. The largest absolute Gasteiger partial charge is 0.511 e. The van der Waals surface area contributed by atoms with Gasteiger partial charge in [-0.1, -0.05) is 61.5 Å². The molecule has 0 bridgehead atoms. The van der Waals surface area contributed by atoms with Crippen molar-refractivity contribution in [3.63, 3.8) is 0 Å². The summed E-state index contributed by atoms with van der Waals surface area (Å²) in [6.45, 7) is 1.64. The monoisotopic (exact) mass is 697 g/mol. The molecule has 3 aromatic carbocycles. The normalized spacial score (nSPS) is 25.2. The Morgan fingerprint density at radius 3 is 2.22 bits per heavy atom. The van der Waals surface area contributed by atoms with Crippen LogP contribution in [0.1, 0.15) is 52.2 Å². The van der Waals surface area contributed by atoms with E-state index in [1.807, 2.05) is 48.5 Å². The summed E-state index contributed by atoms with van der Waals surface area (Å²) in [5.74, 6) is -9.94. The van der Waals surface area contributed by atoms with Crippen LogP contribution in [0.5, 0.6) is 5.75 Å². The minimum Gasteiger partial charge on any atom is -0.511 e. The number of nitrogens with one attached hydrogen (secondary N) is 2. The van der Waals surface area contributed by atoms with Gasteiger partial charge in [0.2, 0.25) is 5.78 Å². The lowest BCUT2D eigenvalue weighted by Gasteiger charge is -2.50. The van der Waals surface area contributed by atoms with Crippen LogP contribution in [0.2, 0.25) is 0 Å². The molecule has 2 amide bonds. The molecule has 0 unspecified atom stereocenters. The molecule has 3 aromatic rings. The average molecular weight is 698 g/mol. The zero-order valence-electron chi connectivity index (χ0n) is 26.3. The van der Waals surface area contributed by atoms with Crippen molar-refractivity contribution in [3.8, 4) is 16.9 Å². The Labute approximate surface area is 289 Å². The zero-order chi connectivity index (χ0) is 35.8. The van der Waals surface area contributed by atoms with E-state index in [2.05, 4.69) is 10.6 Å². The highest BCUT2D eigenvalue weighted by Gasteiger charge is 2.64. The summed E-state index contributed by atoms with van der Waals surface area (Å²) in [6, 6.07) is 18.6. The molecule has 14 heteroatoms. The fraction of sp³-hybridized carbons (Fsp3) is 0.250. The number of carbonyl (C=O) groups is 4. The average Bonchev–Trinajstić information content (AvgIpc) is 3.40. The lowest BCUT2D eigenvalue weighted by atomic mass is 9.56. The smallest absolute Gasteiger partial charge is 0.413 e. The van der Waals surface area contributed by atoms with Crippen molar-refractivity contribution < 1.29 is 49.4 Å². The number of aliphatic hydroxyl groups excluding tert-OH is 3. The van der Waals surface area contributed by atoms with Gasteiger partial charge in [-0.05, 0) is 52.0 Å². The van der Waals surface area contributed by atoms with Crippen LogP contribution < -0.4 is 16.4 Å². The van der Waals surface area contributed by atoms with Gasteiger partial charge in [-0.25, -0.2) is 4.79 Å². The molecular formula is C36H31N3O10S. The molecule has 0 saturated carbocycles. The first kappa shape index (κ1) is 33.0. The number of benzene rings is 3. The van der Waals surface area contributed by atoms with Gasteiger partial charge in [0, 0.05) is 29.7 Å². The first-order valence-electron chi connectivity index (χ1n) is 15.7. The fourth-order valence-electron chi connectivity index (χ4n) is 7.98. The molecule has 13 nitrogen and oxygen atoms in total. The number of hydrogen-bond acceptors (Lipinski definition) is 11. The summed E-state index contributed by atoms with van der Waals surface area (Å²) < 4.78 is 5.52. The number of allylic oxidation sites excluding steroid dienone is 1. The van der Waals surface area contributed by atoms with Crippen LogP contribution in [0.3, 0.4) is 0 Å². The number of fused-ring (bicyclic) bond motifs is 6. The van der Waals surface area contributed by atoms with E-state index in [0.29, 0.717) is 0 Å². The maximum absolute atomic E-state index is 14.0. The third kappa shape index (κ3) is 4.70. The molecule has 0 aromatic heterocycles. The van der Waals surface area contributed by atoms with E-state index in [1.165, 1.54) is 12.1 Å². The number of carbonyl (C=O) groups excluding carboxylic acids is 4. The molecule has 0 saturated heterocycles. The second kappa shape index (κ2) is 11.8. The van der Waals surface area contributed by atoms with Gasteiger partial charge < -0.3 is 41.3 Å².